The smallest absolute Gasteiger partial charge is 0.262 e. The highest BCUT2D eigenvalue weighted by Gasteiger charge is 2.12. The molecule has 1 aromatic carbocycles. The molecular formula is C16H19ClN2O3S. The van der Waals surface area contributed by atoms with E-state index in [0.717, 1.165) is 12.2 Å². The van der Waals surface area contributed by atoms with Gasteiger partial charge in [0.25, 0.3) is 5.56 Å². The lowest BCUT2D eigenvalue weighted by atomic mass is 10.2. The molecule has 5 nitrogen and oxygen atoms in total. The zero-order valence-corrected chi connectivity index (χ0v) is 14.7. The zero-order chi connectivity index (χ0) is 16.8. The van der Waals surface area contributed by atoms with Crippen molar-refractivity contribution in [3.63, 3.8) is 0 Å². The Morgan fingerprint density at radius 2 is 2.22 bits per heavy atom. The molecule has 0 aliphatic rings. The van der Waals surface area contributed by atoms with E-state index in [2.05, 4.69) is 4.98 Å². The van der Waals surface area contributed by atoms with Crippen LogP contribution in [0.2, 0.25) is 5.02 Å². The van der Waals surface area contributed by atoms with Crippen molar-refractivity contribution in [1.29, 1.82) is 0 Å². The van der Waals surface area contributed by atoms with Crippen LogP contribution in [-0.2, 0) is 16.1 Å². The van der Waals surface area contributed by atoms with E-state index in [1.165, 1.54) is 11.8 Å². The summed E-state index contributed by atoms with van der Waals surface area (Å²) in [5.41, 5.74) is 0.489. The highest BCUT2D eigenvalue weighted by molar-refractivity contribution is 7.99. The third-order valence-corrected chi connectivity index (χ3v) is 4.60. The number of fused-ring (bicyclic) bond motifs is 1. The number of methoxy groups -OCH3 is 1. The van der Waals surface area contributed by atoms with E-state index in [1.807, 2.05) is 0 Å². The van der Waals surface area contributed by atoms with Crippen molar-refractivity contribution in [2.75, 3.05) is 19.5 Å². The topological polar surface area (TPSA) is 61.2 Å². The number of nitrogens with zero attached hydrogens (tertiary/aromatic N) is 2. The first-order chi connectivity index (χ1) is 11.0. The number of aromatic nitrogens is 2. The molecule has 0 radical (unpaired) electrons. The molecule has 23 heavy (non-hydrogen) atoms. The highest BCUT2D eigenvalue weighted by atomic mass is 35.5. The summed E-state index contributed by atoms with van der Waals surface area (Å²) >= 11 is 7.47. The Morgan fingerprint density at radius 1 is 1.43 bits per heavy atom. The second-order valence-electron chi connectivity index (χ2n) is 5.16. The molecule has 0 saturated carbocycles. The van der Waals surface area contributed by atoms with Crippen molar-refractivity contribution in [2.45, 2.75) is 31.5 Å². The SMILES string of the molecule is COCCn1c(SCCCC(C)=O)nc2cc(Cl)ccc2c1=O. The van der Waals surface area contributed by atoms with Crippen molar-refractivity contribution in [2.24, 2.45) is 0 Å². The molecule has 2 aromatic rings. The first-order valence-corrected chi connectivity index (χ1v) is 8.70. The number of thioether (sulfide) groups is 1. The largest absolute Gasteiger partial charge is 0.383 e. The highest BCUT2D eigenvalue weighted by Crippen LogP contribution is 2.21. The van der Waals surface area contributed by atoms with E-state index in [4.69, 9.17) is 16.3 Å². The number of halogens is 1. The van der Waals surface area contributed by atoms with Gasteiger partial charge in [0.05, 0.1) is 24.1 Å². The summed E-state index contributed by atoms with van der Waals surface area (Å²) < 4.78 is 6.70. The van der Waals surface area contributed by atoms with Gasteiger partial charge in [0.1, 0.15) is 5.78 Å². The maximum absolute atomic E-state index is 12.7. The molecule has 1 aromatic heterocycles. The molecule has 0 aliphatic heterocycles. The number of Topliss-reactive ketones (excluding diaryl/α,β-unsaturated/α-hetero) is 1. The lowest BCUT2D eigenvalue weighted by Gasteiger charge is -2.12. The predicted molar refractivity (Wildman–Crippen MR) is 93.5 cm³/mol. The number of benzene rings is 1. The van der Waals surface area contributed by atoms with Crippen LogP contribution in [0.4, 0.5) is 0 Å². The molecule has 0 atom stereocenters. The third kappa shape index (κ3) is 4.80. The Labute approximate surface area is 144 Å². The van der Waals surface area contributed by atoms with Crippen LogP contribution >= 0.6 is 23.4 Å². The van der Waals surface area contributed by atoms with E-state index in [9.17, 15) is 9.59 Å². The Bertz CT molecular complexity index is 761. The van der Waals surface area contributed by atoms with Crippen molar-refractivity contribution < 1.29 is 9.53 Å². The van der Waals surface area contributed by atoms with Crippen LogP contribution < -0.4 is 5.56 Å². The van der Waals surface area contributed by atoms with Crippen molar-refractivity contribution in [3.8, 4) is 0 Å². The molecule has 0 spiro atoms. The van der Waals surface area contributed by atoms with Gasteiger partial charge in [0.15, 0.2) is 5.16 Å². The number of carbonyl (C=O) groups is 1. The number of ether oxygens (including phenoxy) is 1. The molecule has 124 valence electrons. The number of ketones is 1. The zero-order valence-electron chi connectivity index (χ0n) is 13.2. The minimum atomic E-state index is -0.0993. The second kappa shape index (κ2) is 8.47. The number of carbonyl (C=O) groups excluding carboxylic acids is 1. The van der Waals surface area contributed by atoms with Crippen molar-refractivity contribution in [1.82, 2.24) is 9.55 Å². The average molecular weight is 355 g/mol. The third-order valence-electron chi connectivity index (χ3n) is 3.31. The van der Waals surface area contributed by atoms with Gasteiger partial charge in [0.2, 0.25) is 0 Å². The van der Waals surface area contributed by atoms with E-state index in [0.29, 0.717) is 40.7 Å². The first kappa shape index (κ1) is 18.0. The van der Waals surface area contributed by atoms with Crippen LogP contribution in [0.5, 0.6) is 0 Å². The summed E-state index contributed by atoms with van der Waals surface area (Å²) in [7, 11) is 1.60. The molecule has 0 N–H and O–H groups in total. The normalized spacial score (nSPS) is 11.1. The van der Waals surface area contributed by atoms with Gasteiger partial charge < -0.3 is 9.53 Å². The monoisotopic (exact) mass is 354 g/mol. The quantitative estimate of drug-likeness (QED) is 0.414. The van der Waals surface area contributed by atoms with Gasteiger partial charge >= 0.3 is 0 Å². The van der Waals surface area contributed by atoms with Crippen molar-refractivity contribution in [3.05, 3.63) is 33.6 Å². The number of rotatable bonds is 8. The summed E-state index contributed by atoms with van der Waals surface area (Å²) in [5, 5.41) is 1.72. The van der Waals surface area contributed by atoms with Crippen LogP contribution in [-0.4, -0.2) is 34.8 Å². The summed E-state index contributed by atoms with van der Waals surface area (Å²) in [6.45, 7) is 2.45. The standard InChI is InChI=1S/C16H19ClN2O3S/c1-11(20)4-3-9-23-16-18-14-10-12(17)5-6-13(14)15(21)19(16)7-8-22-2/h5-6,10H,3-4,7-9H2,1-2H3. The molecule has 0 unspecified atom stereocenters. The van der Waals surface area contributed by atoms with Crippen LogP contribution in [0.15, 0.2) is 28.2 Å². The summed E-state index contributed by atoms with van der Waals surface area (Å²) in [4.78, 5) is 28.3. The Kier molecular flexibility index (Phi) is 6.62. The van der Waals surface area contributed by atoms with Gasteiger partial charge in [-0.1, -0.05) is 23.4 Å². The van der Waals surface area contributed by atoms with Gasteiger partial charge in [-0.05, 0) is 31.5 Å². The summed E-state index contributed by atoms with van der Waals surface area (Å²) in [6, 6.07) is 5.08. The summed E-state index contributed by atoms with van der Waals surface area (Å²) in [6.07, 6.45) is 1.29. The maximum Gasteiger partial charge on any atom is 0.262 e. The number of hydrogen-bond acceptors (Lipinski definition) is 5. The predicted octanol–water partition coefficient (Wildman–Crippen LogP) is 3.16. The average Bonchev–Trinajstić information content (AvgIpc) is 2.50. The Hall–Kier alpha value is -1.37. The van der Waals surface area contributed by atoms with E-state index >= 15 is 0 Å². The second-order valence-corrected chi connectivity index (χ2v) is 6.66. The van der Waals surface area contributed by atoms with E-state index in [1.54, 1.807) is 36.8 Å². The van der Waals surface area contributed by atoms with Gasteiger partial charge in [-0.25, -0.2) is 4.98 Å². The summed E-state index contributed by atoms with van der Waals surface area (Å²) in [5.74, 6) is 0.895. The molecule has 2 rings (SSSR count). The fourth-order valence-electron chi connectivity index (χ4n) is 2.15. The van der Waals surface area contributed by atoms with Crippen LogP contribution in [0.25, 0.3) is 10.9 Å². The van der Waals surface area contributed by atoms with Gasteiger partial charge in [-0.2, -0.15) is 0 Å². The van der Waals surface area contributed by atoms with Gasteiger partial charge in [-0.3, -0.25) is 9.36 Å². The molecular weight excluding hydrogens is 336 g/mol. The molecule has 0 fully saturated rings. The number of hydrogen-bond donors (Lipinski definition) is 0. The lowest BCUT2D eigenvalue weighted by molar-refractivity contribution is -0.117. The first-order valence-electron chi connectivity index (χ1n) is 7.34. The fraction of sp³-hybridized carbons (Fsp3) is 0.438. The molecule has 0 amide bonds. The molecule has 0 bridgehead atoms. The maximum atomic E-state index is 12.7. The molecule has 7 heteroatoms. The molecule has 0 saturated heterocycles. The Balaban J connectivity index is 2.34. The van der Waals surface area contributed by atoms with Crippen LogP contribution in [0.1, 0.15) is 19.8 Å². The van der Waals surface area contributed by atoms with E-state index < -0.39 is 0 Å². The minimum Gasteiger partial charge on any atom is -0.383 e. The van der Waals surface area contributed by atoms with Crippen LogP contribution in [0, 0.1) is 0 Å². The van der Waals surface area contributed by atoms with E-state index in [-0.39, 0.29) is 11.3 Å². The minimum absolute atomic E-state index is 0.0993. The fourth-order valence-corrected chi connectivity index (χ4v) is 3.28. The molecule has 0 aliphatic carbocycles. The Morgan fingerprint density at radius 3 is 2.91 bits per heavy atom. The molecule has 1 heterocycles. The van der Waals surface area contributed by atoms with Crippen LogP contribution in [0.3, 0.4) is 0 Å². The lowest BCUT2D eigenvalue weighted by Crippen LogP contribution is -2.25. The van der Waals surface area contributed by atoms with Crippen molar-refractivity contribution >= 4 is 40.0 Å². The van der Waals surface area contributed by atoms with Gasteiger partial charge in [-0.15, -0.1) is 0 Å². The van der Waals surface area contributed by atoms with Gasteiger partial charge in [0, 0.05) is 24.3 Å².